The van der Waals surface area contributed by atoms with Crippen LogP contribution in [0.1, 0.15) is 43.5 Å². The number of benzene rings is 1. The molecule has 1 unspecified atom stereocenters. The van der Waals surface area contributed by atoms with Gasteiger partial charge >= 0.3 is 0 Å². The third kappa shape index (κ3) is 3.95. The molecule has 0 saturated heterocycles. The molecule has 0 spiro atoms. The summed E-state index contributed by atoms with van der Waals surface area (Å²) in [6.07, 6.45) is 3.23. The number of nitrogens with two attached hydrogens (primary N) is 1. The topological polar surface area (TPSA) is 64.4 Å². The van der Waals surface area contributed by atoms with Crippen molar-refractivity contribution in [1.29, 1.82) is 0 Å². The molecule has 0 heterocycles. The summed E-state index contributed by atoms with van der Waals surface area (Å²) in [5.41, 5.74) is 6.77. The lowest BCUT2D eigenvalue weighted by Gasteiger charge is -2.15. The highest BCUT2D eigenvalue weighted by atomic mass is 16.5. The van der Waals surface area contributed by atoms with Crippen LogP contribution in [0.2, 0.25) is 0 Å². The van der Waals surface area contributed by atoms with Gasteiger partial charge < -0.3 is 15.8 Å². The molecule has 1 aromatic rings. The molecule has 0 aliphatic carbocycles. The van der Waals surface area contributed by atoms with Crippen molar-refractivity contribution in [3.05, 3.63) is 23.8 Å². The molecular formula is C14H22N2O2. The molecule has 4 heteroatoms. The molecule has 0 radical (unpaired) electrons. The van der Waals surface area contributed by atoms with Crippen LogP contribution in [0.5, 0.6) is 5.75 Å². The Hall–Kier alpha value is -1.71. The molecule has 1 rings (SSSR count). The SMILES string of the molecule is CCCCC(C)NC(=O)c1ccc(N)cc1OC. The van der Waals surface area contributed by atoms with Crippen LogP contribution in [0.25, 0.3) is 0 Å². The third-order valence-electron chi connectivity index (χ3n) is 2.84. The van der Waals surface area contributed by atoms with Crippen LogP contribution in [0.3, 0.4) is 0 Å². The molecule has 4 nitrogen and oxygen atoms in total. The number of ether oxygens (including phenoxy) is 1. The van der Waals surface area contributed by atoms with Gasteiger partial charge in [-0.3, -0.25) is 4.79 Å². The number of nitrogens with one attached hydrogen (secondary N) is 1. The number of hydrogen-bond acceptors (Lipinski definition) is 3. The predicted molar refractivity (Wildman–Crippen MR) is 73.9 cm³/mol. The maximum atomic E-state index is 12.1. The Morgan fingerprint density at radius 1 is 1.50 bits per heavy atom. The van der Waals surface area contributed by atoms with Gasteiger partial charge in [0.1, 0.15) is 5.75 Å². The minimum atomic E-state index is -0.115. The van der Waals surface area contributed by atoms with E-state index in [-0.39, 0.29) is 11.9 Å². The van der Waals surface area contributed by atoms with Crippen molar-refractivity contribution in [2.75, 3.05) is 12.8 Å². The first-order valence-corrected chi connectivity index (χ1v) is 6.32. The van der Waals surface area contributed by atoms with Crippen molar-refractivity contribution < 1.29 is 9.53 Å². The largest absolute Gasteiger partial charge is 0.496 e. The number of rotatable bonds is 6. The number of carbonyl (C=O) groups is 1. The lowest BCUT2D eigenvalue weighted by molar-refractivity contribution is 0.0935. The molecule has 0 aliphatic heterocycles. The summed E-state index contributed by atoms with van der Waals surface area (Å²) in [5.74, 6) is 0.394. The summed E-state index contributed by atoms with van der Waals surface area (Å²) in [4.78, 5) is 12.1. The fraction of sp³-hybridized carbons (Fsp3) is 0.500. The van der Waals surface area contributed by atoms with Gasteiger partial charge in [-0.15, -0.1) is 0 Å². The van der Waals surface area contributed by atoms with Gasteiger partial charge in [0.15, 0.2) is 0 Å². The van der Waals surface area contributed by atoms with E-state index in [0.29, 0.717) is 17.0 Å². The highest BCUT2D eigenvalue weighted by Gasteiger charge is 2.14. The van der Waals surface area contributed by atoms with E-state index in [4.69, 9.17) is 10.5 Å². The van der Waals surface area contributed by atoms with Gasteiger partial charge in [0.2, 0.25) is 0 Å². The number of carbonyl (C=O) groups excluding carboxylic acids is 1. The fourth-order valence-electron chi connectivity index (χ4n) is 1.78. The standard InChI is InChI=1S/C14H22N2O2/c1-4-5-6-10(2)16-14(17)12-8-7-11(15)9-13(12)18-3/h7-10H,4-6,15H2,1-3H3,(H,16,17). The van der Waals surface area contributed by atoms with Gasteiger partial charge in [-0.2, -0.15) is 0 Å². The Balaban J connectivity index is 2.72. The third-order valence-corrected chi connectivity index (χ3v) is 2.84. The first-order valence-electron chi connectivity index (χ1n) is 6.32. The first-order chi connectivity index (χ1) is 8.58. The number of anilines is 1. The van der Waals surface area contributed by atoms with Crippen molar-refractivity contribution in [3.63, 3.8) is 0 Å². The van der Waals surface area contributed by atoms with Crippen LogP contribution < -0.4 is 15.8 Å². The molecular weight excluding hydrogens is 228 g/mol. The Morgan fingerprint density at radius 2 is 2.22 bits per heavy atom. The maximum absolute atomic E-state index is 12.1. The van der Waals surface area contributed by atoms with Crippen LogP contribution >= 0.6 is 0 Å². The number of unbranched alkanes of at least 4 members (excludes halogenated alkanes) is 1. The minimum absolute atomic E-state index is 0.115. The maximum Gasteiger partial charge on any atom is 0.255 e. The molecule has 18 heavy (non-hydrogen) atoms. The zero-order valence-electron chi connectivity index (χ0n) is 11.3. The highest BCUT2D eigenvalue weighted by Crippen LogP contribution is 2.21. The predicted octanol–water partition coefficient (Wildman–Crippen LogP) is 2.59. The molecule has 0 saturated carbocycles. The summed E-state index contributed by atoms with van der Waals surface area (Å²) in [7, 11) is 1.53. The zero-order valence-corrected chi connectivity index (χ0v) is 11.3. The van der Waals surface area contributed by atoms with E-state index in [0.717, 1.165) is 19.3 Å². The molecule has 1 aromatic carbocycles. The van der Waals surface area contributed by atoms with E-state index in [1.807, 2.05) is 6.92 Å². The summed E-state index contributed by atoms with van der Waals surface area (Å²) in [6.45, 7) is 4.15. The average Bonchev–Trinajstić information content (AvgIpc) is 2.35. The lowest BCUT2D eigenvalue weighted by Crippen LogP contribution is -2.32. The van der Waals surface area contributed by atoms with Gasteiger partial charge in [0, 0.05) is 17.8 Å². The number of amides is 1. The number of nitrogen functional groups attached to an aromatic ring is 1. The Morgan fingerprint density at radius 3 is 2.83 bits per heavy atom. The van der Waals surface area contributed by atoms with E-state index >= 15 is 0 Å². The van der Waals surface area contributed by atoms with Crippen molar-refractivity contribution in [1.82, 2.24) is 5.32 Å². The van der Waals surface area contributed by atoms with Gasteiger partial charge in [0.05, 0.1) is 12.7 Å². The Labute approximate surface area is 109 Å². The number of hydrogen-bond donors (Lipinski definition) is 2. The van der Waals surface area contributed by atoms with Gasteiger partial charge in [0.25, 0.3) is 5.91 Å². The first kappa shape index (κ1) is 14.4. The molecule has 1 amide bonds. The van der Waals surface area contributed by atoms with Crippen LogP contribution in [0.15, 0.2) is 18.2 Å². The molecule has 3 N–H and O–H groups in total. The van der Waals surface area contributed by atoms with Crippen molar-refractivity contribution in [3.8, 4) is 5.75 Å². The van der Waals surface area contributed by atoms with Crippen LogP contribution in [0, 0.1) is 0 Å². The molecule has 1 atom stereocenters. The summed E-state index contributed by atoms with van der Waals surface area (Å²) < 4.78 is 5.17. The average molecular weight is 250 g/mol. The van der Waals surface area contributed by atoms with E-state index in [1.54, 1.807) is 18.2 Å². The summed E-state index contributed by atoms with van der Waals surface area (Å²) in [5, 5.41) is 2.97. The van der Waals surface area contributed by atoms with Gasteiger partial charge in [-0.1, -0.05) is 19.8 Å². The van der Waals surface area contributed by atoms with Crippen molar-refractivity contribution in [2.24, 2.45) is 0 Å². The Bertz CT molecular complexity index is 405. The van der Waals surface area contributed by atoms with E-state index in [1.165, 1.54) is 7.11 Å². The molecule has 0 aromatic heterocycles. The second-order valence-electron chi connectivity index (χ2n) is 4.48. The zero-order chi connectivity index (χ0) is 13.5. The molecule has 0 bridgehead atoms. The summed E-state index contributed by atoms with van der Waals surface area (Å²) >= 11 is 0. The van der Waals surface area contributed by atoms with E-state index < -0.39 is 0 Å². The fourth-order valence-corrected chi connectivity index (χ4v) is 1.78. The monoisotopic (exact) mass is 250 g/mol. The molecule has 100 valence electrons. The number of methoxy groups -OCH3 is 1. The quantitative estimate of drug-likeness (QED) is 0.763. The molecule has 0 fully saturated rings. The van der Waals surface area contributed by atoms with Crippen LogP contribution in [-0.4, -0.2) is 19.1 Å². The lowest BCUT2D eigenvalue weighted by atomic mass is 10.1. The second kappa shape index (κ2) is 6.89. The Kier molecular flexibility index (Phi) is 5.49. The van der Waals surface area contributed by atoms with E-state index in [2.05, 4.69) is 12.2 Å². The van der Waals surface area contributed by atoms with Gasteiger partial charge in [-0.05, 0) is 25.5 Å². The minimum Gasteiger partial charge on any atom is -0.496 e. The second-order valence-corrected chi connectivity index (χ2v) is 4.48. The van der Waals surface area contributed by atoms with Gasteiger partial charge in [-0.25, -0.2) is 0 Å². The van der Waals surface area contributed by atoms with E-state index in [9.17, 15) is 4.79 Å². The van der Waals surface area contributed by atoms with Crippen LogP contribution in [-0.2, 0) is 0 Å². The van der Waals surface area contributed by atoms with Crippen LogP contribution in [0.4, 0.5) is 5.69 Å². The normalized spacial score (nSPS) is 11.9. The van der Waals surface area contributed by atoms with Crippen molar-refractivity contribution in [2.45, 2.75) is 39.2 Å². The summed E-state index contributed by atoms with van der Waals surface area (Å²) in [6, 6.07) is 5.22. The molecule has 0 aliphatic rings. The van der Waals surface area contributed by atoms with Crippen molar-refractivity contribution >= 4 is 11.6 Å². The smallest absolute Gasteiger partial charge is 0.255 e. The highest BCUT2D eigenvalue weighted by molar-refractivity contribution is 5.97.